The number of hydrogen-bond donors (Lipinski definition) is 0. The molecule has 30 heavy (non-hydrogen) atoms. The first-order valence-electron chi connectivity index (χ1n) is 12.0. The molecule has 0 radical (unpaired) electrons. The third-order valence-corrected chi connectivity index (χ3v) is 6.65. The number of aryl methyl sites for hydroxylation is 2. The first-order chi connectivity index (χ1) is 14.8. The van der Waals surface area contributed by atoms with E-state index in [2.05, 4.69) is 58.3 Å². The van der Waals surface area contributed by atoms with Gasteiger partial charge in [-0.15, -0.1) is 0 Å². The Bertz CT molecular complexity index is 752. The Labute approximate surface area is 182 Å². The number of ketones is 1. The fraction of sp³-hybridized carbons (Fsp3) is 0.519. The number of carbonyl (C=O) groups is 1. The van der Waals surface area contributed by atoms with Gasteiger partial charge in [0.15, 0.2) is 0 Å². The van der Waals surface area contributed by atoms with E-state index < -0.39 is 0 Å². The van der Waals surface area contributed by atoms with Crippen molar-refractivity contribution >= 4 is 17.2 Å². The van der Waals surface area contributed by atoms with E-state index in [-0.39, 0.29) is 0 Å². The van der Waals surface area contributed by atoms with Gasteiger partial charge in [0.2, 0.25) is 0 Å². The van der Waals surface area contributed by atoms with Crippen molar-refractivity contribution in [2.24, 2.45) is 0 Å². The van der Waals surface area contributed by atoms with Crippen LogP contribution >= 0.6 is 0 Å². The molecule has 0 atom stereocenters. The molecule has 0 spiro atoms. The summed E-state index contributed by atoms with van der Waals surface area (Å²) >= 11 is 0. The van der Waals surface area contributed by atoms with Gasteiger partial charge in [0.05, 0.1) is 0 Å². The fourth-order valence-electron chi connectivity index (χ4n) is 4.81. The van der Waals surface area contributed by atoms with Crippen LogP contribution < -0.4 is 9.80 Å². The molecule has 2 heterocycles. The van der Waals surface area contributed by atoms with Gasteiger partial charge in [-0.1, -0.05) is 24.3 Å². The zero-order chi connectivity index (χ0) is 20.6. The molecule has 3 nitrogen and oxygen atoms in total. The maximum atomic E-state index is 12.5. The Kier molecular flexibility index (Phi) is 7.44. The van der Waals surface area contributed by atoms with Crippen LogP contribution in [0.15, 0.2) is 48.5 Å². The SMILES string of the molecule is O=C(CCc1cccc(N2CCCCC2)c1)CCc1cccc(N2CCCCC2)c1. The molecule has 2 aromatic carbocycles. The van der Waals surface area contributed by atoms with Crippen LogP contribution in [0.25, 0.3) is 0 Å². The normalized spacial score (nSPS) is 17.2. The molecule has 0 saturated carbocycles. The van der Waals surface area contributed by atoms with Crippen LogP contribution in [0, 0.1) is 0 Å². The van der Waals surface area contributed by atoms with Gasteiger partial charge in [-0.3, -0.25) is 4.79 Å². The second-order valence-corrected chi connectivity index (χ2v) is 8.97. The summed E-state index contributed by atoms with van der Waals surface area (Å²) < 4.78 is 0. The summed E-state index contributed by atoms with van der Waals surface area (Å²) in [5, 5.41) is 0. The Morgan fingerprint density at radius 1 is 0.633 bits per heavy atom. The third-order valence-electron chi connectivity index (χ3n) is 6.65. The van der Waals surface area contributed by atoms with E-state index >= 15 is 0 Å². The Morgan fingerprint density at radius 3 is 1.50 bits per heavy atom. The summed E-state index contributed by atoms with van der Waals surface area (Å²) in [6, 6.07) is 17.6. The highest BCUT2D eigenvalue weighted by molar-refractivity contribution is 5.79. The summed E-state index contributed by atoms with van der Waals surface area (Å²) in [5.74, 6) is 0.377. The fourth-order valence-corrected chi connectivity index (χ4v) is 4.81. The third kappa shape index (κ3) is 5.87. The first-order valence-corrected chi connectivity index (χ1v) is 12.0. The van der Waals surface area contributed by atoms with Crippen LogP contribution in [0.1, 0.15) is 62.5 Å². The molecule has 2 saturated heterocycles. The number of benzene rings is 2. The van der Waals surface area contributed by atoms with Gasteiger partial charge in [0.25, 0.3) is 0 Å². The molecule has 0 aliphatic carbocycles. The molecule has 0 amide bonds. The van der Waals surface area contributed by atoms with Crippen molar-refractivity contribution in [1.29, 1.82) is 0 Å². The molecule has 2 aliphatic heterocycles. The highest BCUT2D eigenvalue weighted by Crippen LogP contribution is 2.23. The number of anilines is 2. The standard InChI is InChI=1S/C27H36N2O/c30-27(15-13-23-9-7-11-25(21-23)28-17-3-1-4-18-28)16-14-24-10-8-12-26(22-24)29-19-5-2-6-20-29/h7-12,21-22H,1-6,13-20H2. The average Bonchev–Trinajstić information content (AvgIpc) is 2.83. The number of carbonyl (C=O) groups excluding carboxylic acids is 1. The molecule has 0 bridgehead atoms. The van der Waals surface area contributed by atoms with E-state index in [1.54, 1.807) is 0 Å². The highest BCUT2D eigenvalue weighted by atomic mass is 16.1. The van der Waals surface area contributed by atoms with E-state index in [1.807, 2.05) is 0 Å². The minimum absolute atomic E-state index is 0.377. The summed E-state index contributed by atoms with van der Waals surface area (Å²) in [6.45, 7) is 4.66. The number of nitrogens with zero attached hydrogens (tertiary/aromatic N) is 2. The number of Topliss-reactive ketones (excluding diaryl/α,β-unsaturated/α-hetero) is 1. The second-order valence-electron chi connectivity index (χ2n) is 8.97. The largest absolute Gasteiger partial charge is 0.372 e. The molecule has 0 N–H and O–H groups in total. The number of piperidine rings is 2. The molecule has 0 unspecified atom stereocenters. The minimum Gasteiger partial charge on any atom is -0.372 e. The number of hydrogen-bond acceptors (Lipinski definition) is 3. The van der Waals surface area contributed by atoms with E-state index in [0.29, 0.717) is 18.6 Å². The molecule has 4 rings (SSSR count). The predicted octanol–water partition coefficient (Wildman–Crippen LogP) is 5.80. The van der Waals surface area contributed by atoms with Crippen LogP contribution in [0.4, 0.5) is 11.4 Å². The van der Waals surface area contributed by atoms with E-state index in [0.717, 1.165) is 12.8 Å². The summed E-state index contributed by atoms with van der Waals surface area (Å²) in [5.41, 5.74) is 5.24. The second kappa shape index (κ2) is 10.7. The van der Waals surface area contributed by atoms with Gasteiger partial charge in [-0.25, -0.2) is 0 Å². The molecule has 160 valence electrons. The average molecular weight is 405 g/mol. The Hall–Kier alpha value is -2.29. The summed E-state index contributed by atoms with van der Waals surface area (Å²) in [4.78, 5) is 17.5. The first kappa shape index (κ1) is 21.0. The van der Waals surface area contributed by atoms with Crippen LogP contribution in [-0.2, 0) is 17.6 Å². The predicted molar refractivity (Wildman–Crippen MR) is 127 cm³/mol. The van der Waals surface area contributed by atoms with Crippen LogP contribution in [-0.4, -0.2) is 32.0 Å². The van der Waals surface area contributed by atoms with Gasteiger partial charge in [-0.2, -0.15) is 0 Å². The Balaban J connectivity index is 1.25. The molecular weight excluding hydrogens is 368 g/mol. The van der Waals surface area contributed by atoms with Crippen molar-refractivity contribution in [3.05, 3.63) is 59.7 Å². The summed E-state index contributed by atoms with van der Waals surface area (Å²) in [6.07, 6.45) is 10.9. The van der Waals surface area contributed by atoms with Crippen molar-refractivity contribution in [3.63, 3.8) is 0 Å². The van der Waals surface area contributed by atoms with Crippen molar-refractivity contribution in [2.45, 2.75) is 64.2 Å². The highest BCUT2D eigenvalue weighted by Gasteiger charge is 2.13. The van der Waals surface area contributed by atoms with Crippen molar-refractivity contribution in [1.82, 2.24) is 0 Å². The van der Waals surface area contributed by atoms with Crippen LogP contribution in [0.2, 0.25) is 0 Å². The molecule has 3 heteroatoms. The van der Waals surface area contributed by atoms with Gasteiger partial charge in [0, 0.05) is 50.4 Å². The molecule has 2 fully saturated rings. The van der Waals surface area contributed by atoms with Gasteiger partial charge < -0.3 is 9.80 Å². The Morgan fingerprint density at radius 2 is 1.07 bits per heavy atom. The number of rotatable bonds is 8. The molecular formula is C27H36N2O. The van der Waals surface area contributed by atoms with Gasteiger partial charge in [-0.05, 0) is 86.8 Å². The maximum absolute atomic E-state index is 12.5. The minimum atomic E-state index is 0.377. The monoisotopic (exact) mass is 404 g/mol. The zero-order valence-electron chi connectivity index (χ0n) is 18.3. The zero-order valence-corrected chi connectivity index (χ0v) is 18.3. The molecule has 2 aliphatic rings. The van der Waals surface area contributed by atoms with Crippen LogP contribution in [0.5, 0.6) is 0 Å². The van der Waals surface area contributed by atoms with Gasteiger partial charge in [0.1, 0.15) is 5.78 Å². The lowest BCUT2D eigenvalue weighted by Crippen LogP contribution is -2.29. The van der Waals surface area contributed by atoms with Crippen molar-refractivity contribution < 1.29 is 4.79 Å². The van der Waals surface area contributed by atoms with E-state index in [1.165, 1.54) is 87.2 Å². The summed E-state index contributed by atoms with van der Waals surface area (Å²) in [7, 11) is 0. The molecule has 0 aromatic heterocycles. The topological polar surface area (TPSA) is 23.6 Å². The smallest absolute Gasteiger partial charge is 0.133 e. The molecule has 2 aromatic rings. The lowest BCUT2D eigenvalue weighted by Gasteiger charge is -2.29. The maximum Gasteiger partial charge on any atom is 0.133 e. The lowest BCUT2D eigenvalue weighted by molar-refractivity contribution is -0.119. The quantitative estimate of drug-likeness (QED) is 0.555. The van der Waals surface area contributed by atoms with E-state index in [9.17, 15) is 4.79 Å². The van der Waals surface area contributed by atoms with Crippen molar-refractivity contribution in [2.75, 3.05) is 36.0 Å². The van der Waals surface area contributed by atoms with E-state index in [4.69, 9.17) is 0 Å². The van der Waals surface area contributed by atoms with Gasteiger partial charge >= 0.3 is 0 Å². The van der Waals surface area contributed by atoms with Crippen LogP contribution in [0.3, 0.4) is 0 Å². The van der Waals surface area contributed by atoms with Crippen molar-refractivity contribution in [3.8, 4) is 0 Å². The lowest BCUT2D eigenvalue weighted by atomic mass is 10.0.